The minimum absolute atomic E-state index is 0.135. The van der Waals surface area contributed by atoms with Gasteiger partial charge in [-0.15, -0.1) is 0 Å². The normalized spacial score (nSPS) is 11.5. The molecule has 27 heavy (non-hydrogen) atoms. The maximum atomic E-state index is 12.1. The quantitative estimate of drug-likeness (QED) is 0.585. The molecular weight excluding hydrogens is 344 g/mol. The average Bonchev–Trinajstić information content (AvgIpc) is 2.68. The number of methoxy groups -OCH3 is 1. The van der Waals surface area contributed by atoms with Crippen molar-refractivity contribution in [2.75, 3.05) is 37.5 Å². The molecule has 6 heteroatoms. The fourth-order valence-corrected chi connectivity index (χ4v) is 2.26. The van der Waals surface area contributed by atoms with Gasteiger partial charge < -0.3 is 24.8 Å². The molecule has 1 atom stereocenters. The fourth-order valence-electron chi connectivity index (χ4n) is 2.26. The van der Waals surface area contributed by atoms with Crippen LogP contribution in [0.5, 0.6) is 11.5 Å². The Balaban J connectivity index is 1.79. The first-order valence-corrected chi connectivity index (χ1v) is 9.13. The first-order chi connectivity index (χ1) is 13.1. The van der Waals surface area contributed by atoms with Crippen molar-refractivity contribution in [3.63, 3.8) is 0 Å². The molecule has 2 aromatic carbocycles. The van der Waals surface area contributed by atoms with Crippen molar-refractivity contribution in [1.82, 2.24) is 0 Å². The molecule has 0 heterocycles. The highest BCUT2D eigenvalue weighted by Gasteiger charge is 2.05. The zero-order valence-electron chi connectivity index (χ0n) is 16.2. The molecule has 0 aliphatic rings. The predicted octanol–water partition coefficient (Wildman–Crippen LogP) is 3.94. The van der Waals surface area contributed by atoms with Crippen molar-refractivity contribution in [3.05, 3.63) is 48.5 Å². The van der Waals surface area contributed by atoms with E-state index in [0.29, 0.717) is 24.7 Å². The van der Waals surface area contributed by atoms with E-state index in [2.05, 4.69) is 17.6 Å². The Bertz CT molecular complexity index is 704. The van der Waals surface area contributed by atoms with Crippen molar-refractivity contribution < 1.29 is 19.0 Å². The second-order valence-corrected chi connectivity index (χ2v) is 6.13. The minimum Gasteiger partial charge on any atom is -0.491 e. The molecule has 146 valence electrons. The number of benzene rings is 2. The number of carbonyl (C=O) groups is 1. The van der Waals surface area contributed by atoms with E-state index < -0.39 is 0 Å². The molecule has 6 nitrogen and oxygen atoms in total. The summed E-state index contributed by atoms with van der Waals surface area (Å²) in [6, 6.07) is 14.9. The number of anilines is 2. The van der Waals surface area contributed by atoms with E-state index in [0.717, 1.165) is 17.9 Å². The molecule has 0 fully saturated rings. The first kappa shape index (κ1) is 20.6. The summed E-state index contributed by atoms with van der Waals surface area (Å²) in [5.41, 5.74) is 1.55. The second-order valence-electron chi connectivity index (χ2n) is 6.13. The maximum Gasteiger partial charge on any atom is 0.243 e. The molecule has 2 N–H and O–H groups in total. The van der Waals surface area contributed by atoms with E-state index in [9.17, 15) is 4.79 Å². The molecule has 0 radical (unpaired) electrons. The SMILES string of the molecule is CCC(C)Oc1ccc(NCC(=O)Nc2cccc(OCCOC)c2)cc1. The van der Waals surface area contributed by atoms with Crippen LogP contribution in [0.15, 0.2) is 48.5 Å². The third-order valence-electron chi connectivity index (χ3n) is 3.89. The van der Waals surface area contributed by atoms with Gasteiger partial charge in [0.15, 0.2) is 0 Å². The number of ether oxygens (including phenoxy) is 3. The van der Waals surface area contributed by atoms with E-state index in [-0.39, 0.29) is 18.6 Å². The van der Waals surface area contributed by atoms with E-state index in [1.807, 2.05) is 49.4 Å². The zero-order valence-corrected chi connectivity index (χ0v) is 16.2. The Kier molecular flexibility index (Phi) is 8.45. The Labute approximate surface area is 160 Å². The van der Waals surface area contributed by atoms with Crippen LogP contribution in [0, 0.1) is 0 Å². The average molecular weight is 372 g/mol. The van der Waals surface area contributed by atoms with Crippen molar-refractivity contribution in [2.45, 2.75) is 26.4 Å². The Morgan fingerprint density at radius 3 is 2.52 bits per heavy atom. The van der Waals surface area contributed by atoms with Gasteiger partial charge in [-0.2, -0.15) is 0 Å². The molecule has 0 spiro atoms. The van der Waals surface area contributed by atoms with Gasteiger partial charge in [-0.25, -0.2) is 0 Å². The monoisotopic (exact) mass is 372 g/mol. The number of rotatable bonds is 11. The molecule has 0 bridgehead atoms. The smallest absolute Gasteiger partial charge is 0.243 e. The molecule has 1 unspecified atom stereocenters. The van der Waals surface area contributed by atoms with Crippen LogP contribution in [0.4, 0.5) is 11.4 Å². The third-order valence-corrected chi connectivity index (χ3v) is 3.89. The second kappa shape index (κ2) is 11.1. The topological polar surface area (TPSA) is 68.8 Å². The van der Waals surface area contributed by atoms with Crippen LogP contribution in [-0.2, 0) is 9.53 Å². The van der Waals surface area contributed by atoms with E-state index in [1.165, 1.54) is 0 Å². The van der Waals surface area contributed by atoms with Gasteiger partial charge in [0.05, 0.1) is 19.3 Å². The van der Waals surface area contributed by atoms with Crippen molar-refractivity contribution in [2.24, 2.45) is 0 Å². The summed E-state index contributed by atoms with van der Waals surface area (Å²) in [4.78, 5) is 12.1. The van der Waals surface area contributed by atoms with Crippen LogP contribution in [0.3, 0.4) is 0 Å². The Hall–Kier alpha value is -2.73. The van der Waals surface area contributed by atoms with Gasteiger partial charge >= 0.3 is 0 Å². The molecule has 2 rings (SSSR count). The van der Waals surface area contributed by atoms with Gasteiger partial charge in [-0.05, 0) is 49.7 Å². The molecule has 0 saturated heterocycles. The summed E-state index contributed by atoms with van der Waals surface area (Å²) < 4.78 is 16.2. The summed E-state index contributed by atoms with van der Waals surface area (Å²) in [5, 5.41) is 5.95. The molecule has 2 aromatic rings. The molecular formula is C21H28N2O4. The van der Waals surface area contributed by atoms with E-state index >= 15 is 0 Å². The van der Waals surface area contributed by atoms with Crippen LogP contribution in [0.25, 0.3) is 0 Å². The summed E-state index contributed by atoms with van der Waals surface area (Å²) >= 11 is 0. The summed E-state index contributed by atoms with van der Waals surface area (Å²) in [7, 11) is 1.62. The fraction of sp³-hybridized carbons (Fsp3) is 0.381. The van der Waals surface area contributed by atoms with Crippen LogP contribution in [0.2, 0.25) is 0 Å². The van der Waals surface area contributed by atoms with Crippen molar-refractivity contribution in [1.29, 1.82) is 0 Å². The van der Waals surface area contributed by atoms with Crippen LogP contribution < -0.4 is 20.1 Å². The number of hydrogen-bond donors (Lipinski definition) is 2. The summed E-state index contributed by atoms with van der Waals surface area (Å²) in [5.74, 6) is 1.38. The van der Waals surface area contributed by atoms with Crippen molar-refractivity contribution >= 4 is 17.3 Å². The lowest BCUT2D eigenvalue weighted by atomic mass is 10.2. The Morgan fingerprint density at radius 2 is 1.81 bits per heavy atom. The van der Waals surface area contributed by atoms with Crippen LogP contribution >= 0.6 is 0 Å². The standard InChI is InChI=1S/C21H28N2O4/c1-4-16(2)27-19-10-8-17(9-11-19)22-15-21(24)23-18-6-5-7-20(14-18)26-13-12-25-3/h5-11,14,16,22H,4,12-13,15H2,1-3H3,(H,23,24). The highest BCUT2D eigenvalue weighted by atomic mass is 16.5. The zero-order chi connectivity index (χ0) is 19.5. The third kappa shape index (κ3) is 7.58. The lowest BCUT2D eigenvalue weighted by molar-refractivity contribution is -0.114. The number of amides is 1. The van der Waals surface area contributed by atoms with Gasteiger partial charge in [0.2, 0.25) is 5.91 Å². The Morgan fingerprint density at radius 1 is 1.04 bits per heavy atom. The molecule has 0 aromatic heterocycles. The number of carbonyl (C=O) groups excluding carboxylic acids is 1. The molecule has 0 aliphatic carbocycles. The van der Waals surface area contributed by atoms with E-state index in [4.69, 9.17) is 14.2 Å². The number of nitrogens with one attached hydrogen (secondary N) is 2. The van der Waals surface area contributed by atoms with Crippen LogP contribution in [-0.4, -0.2) is 38.9 Å². The van der Waals surface area contributed by atoms with Gasteiger partial charge in [0, 0.05) is 24.6 Å². The van der Waals surface area contributed by atoms with Gasteiger partial charge in [-0.3, -0.25) is 4.79 Å². The van der Waals surface area contributed by atoms with Gasteiger partial charge in [-0.1, -0.05) is 13.0 Å². The molecule has 0 aliphatic heterocycles. The van der Waals surface area contributed by atoms with Gasteiger partial charge in [0.25, 0.3) is 0 Å². The van der Waals surface area contributed by atoms with E-state index in [1.54, 1.807) is 13.2 Å². The minimum atomic E-state index is -0.135. The predicted molar refractivity (Wildman–Crippen MR) is 108 cm³/mol. The van der Waals surface area contributed by atoms with Crippen molar-refractivity contribution in [3.8, 4) is 11.5 Å². The maximum absolute atomic E-state index is 12.1. The summed E-state index contributed by atoms with van der Waals surface area (Å²) in [6.45, 7) is 5.27. The highest BCUT2D eigenvalue weighted by molar-refractivity contribution is 5.93. The lowest BCUT2D eigenvalue weighted by Gasteiger charge is -2.13. The largest absolute Gasteiger partial charge is 0.491 e. The lowest BCUT2D eigenvalue weighted by Crippen LogP contribution is -2.21. The molecule has 1 amide bonds. The first-order valence-electron chi connectivity index (χ1n) is 9.13. The number of hydrogen-bond acceptors (Lipinski definition) is 5. The van der Waals surface area contributed by atoms with Gasteiger partial charge in [0.1, 0.15) is 18.1 Å². The molecule has 0 saturated carbocycles. The highest BCUT2D eigenvalue weighted by Crippen LogP contribution is 2.19. The van der Waals surface area contributed by atoms with Crippen LogP contribution in [0.1, 0.15) is 20.3 Å². The summed E-state index contributed by atoms with van der Waals surface area (Å²) in [6.07, 6.45) is 1.14.